The molecule has 0 atom stereocenters. The minimum atomic E-state index is -0.600. The average Bonchev–Trinajstić information content (AvgIpc) is 1.61. The van der Waals surface area contributed by atoms with Crippen LogP contribution in [-0.2, 0) is 18.9 Å². The number of nitrogens with one attached hydrogen (secondary N) is 4. The number of aromatic nitrogens is 12. The lowest BCUT2D eigenvalue weighted by Crippen LogP contribution is -2.10. The molecular weight excluding hydrogens is 1690 g/mol. The molecule has 19 rings (SSSR count). The molecule has 5 aliphatic heterocycles. The number of hydrogen-bond donors (Lipinski definition) is 4. The number of unbranched alkanes of at least 4 members (excludes halogenated alkanes) is 4. The van der Waals surface area contributed by atoms with Crippen LogP contribution in [0.1, 0.15) is 233 Å². The van der Waals surface area contributed by atoms with Crippen LogP contribution < -0.4 is 0 Å². The van der Waals surface area contributed by atoms with E-state index in [1.165, 1.54) is 0 Å². The van der Waals surface area contributed by atoms with E-state index in [1.54, 1.807) is 48.5 Å². The highest BCUT2D eigenvalue weighted by molar-refractivity contribution is 6.07. The summed E-state index contributed by atoms with van der Waals surface area (Å²) in [6.45, 7) is 34.0. The summed E-state index contributed by atoms with van der Waals surface area (Å²) in [5.74, 6) is -2.40. The van der Waals surface area contributed by atoms with Gasteiger partial charge in [0.2, 0.25) is 0 Å². The summed E-state index contributed by atoms with van der Waals surface area (Å²) in [6, 6.07) is 47.5. The summed E-state index contributed by atoms with van der Waals surface area (Å²) >= 11 is 0. The van der Waals surface area contributed by atoms with Crippen LogP contribution in [0.15, 0.2) is 146 Å². The van der Waals surface area contributed by atoms with Gasteiger partial charge in [-0.2, -0.15) is 0 Å². The Morgan fingerprint density at radius 1 is 0.213 bits per heavy atom. The molecule has 4 N–H and O–H groups in total. The molecule has 0 unspecified atom stereocenters. The Balaban J connectivity index is 1.06. The van der Waals surface area contributed by atoms with Crippen LogP contribution in [0.3, 0.4) is 0 Å². The number of carbonyl (C=O) groups excluding carboxylic acids is 4. The molecule has 0 saturated heterocycles. The lowest BCUT2D eigenvalue weighted by Gasteiger charge is -2.15. The van der Waals surface area contributed by atoms with Crippen molar-refractivity contribution in [2.24, 2.45) is 0 Å². The highest BCUT2D eigenvalue weighted by atomic mass is 16.5. The van der Waals surface area contributed by atoms with Gasteiger partial charge < -0.3 is 38.9 Å². The fourth-order valence-electron chi connectivity index (χ4n) is 20.0. The van der Waals surface area contributed by atoms with Gasteiger partial charge in [-0.25, -0.2) is 59.0 Å². The third-order valence-corrected chi connectivity index (χ3v) is 25.9. The first-order valence-electron chi connectivity index (χ1n) is 47.2. The summed E-state index contributed by atoms with van der Waals surface area (Å²) in [5, 5.41) is 0. The molecule has 136 heavy (non-hydrogen) atoms. The van der Waals surface area contributed by atoms with Crippen LogP contribution >= 0.6 is 0 Å². The molecule has 0 fully saturated rings. The molecule has 0 radical (unpaired) electrons. The molecule has 20 nitrogen and oxygen atoms in total. The maximum Gasteiger partial charge on any atom is 0.338 e. The Morgan fingerprint density at radius 2 is 0.375 bits per heavy atom. The fourth-order valence-corrected chi connectivity index (χ4v) is 20.0. The summed E-state index contributed by atoms with van der Waals surface area (Å²) in [7, 11) is 0. The molecule has 0 saturated carbocycles. The van der Waals surface area contributed by atoms with Gasteiger partial charge in [-0.15, -0.1) is 0 Å². The zero-order valence-corrected chi connectivity index (χ0v) is 79.8. The van der Waals surface area contributed by atoms with Crippen LogP contribution in [0, 0.1) is 83.1 Å². The maximum absolute atomic E-state index is 15.5. The van der Waals surface area contributed by atoms with Gasteiger partial charge >= 0.3 is 23.9 Å². The van der Waals surface area contributed by atoms with Gasteiger partial charge in [-0.05, 0) is 321 Å². The van der Waals surface area contributed by atoms with Crippen LogP contribution in [0.2, 0.25) is 0 Å². The summed E-state index contributed by atoms with van der Waals surface area (Å²) < 4.78 is 25.1. The quantitative estimate of drug-likeness (QED) is 0.0314. The number of benzene rings is 4. The second kappa shape index (κ2) is 37.2. The molecule has 5 aliphatic rings. The van der Waals surface area contributed by atoms with Crippen molar-refractivity contribution in [3.8, 4) is 112 Å². The van der Waals surface area contributed by atoms with Crippen LogP contribution in [0.25, 0.3) is 205 Å². The normalized spacial score (nSPS) is 12.2. The van der Waals surface area contributed by atoms with Crippen LogP contribution in [0.5, 0.6) is 0 Å². The lowest BCUT2D eigenvalue weighted by atomic mass is 9.92. The Labute approximate surface area is 790 Å². The van der Waals surface area contributed by atoms with Crippen molar-refractivity contribution in [1.29, 1.82) is 0 Å². The van der Waals surface area contributed by atoms with Crippen molar-refractivity contribution >= 4 is 117 Å². The van der Waals surface area contributed by atoms with Crippen molar-refractivity contribution in [3.63, 3.8) is 0 Å². The Kier molecular flexibility index (Phi) is 24.6. The highest BCUT2D eigenvalue weighted by Crippen LogP contribution is 2.47. The van der Waals surface area contributed by atoms with E-state index in [0.29, 0.717) is 160 Å². The fraction of sp³-hybridized carbons (Fsp3) is 0.241. The van der Waals surface area contributed by atoms with E-state index >= 15 is 19.2 Å². The van der Waals surface area contributed by atoms with Crippen molar-refractivity contribution in [2.45, 2.75) is 162 Å². The second-order valence-electron chi connectivity index (χ2n) is 36.6. The van der Waals surface area contributed by atoms with E-state index in [0.717, 1.165) is 137 Å². The molecule has 15 heterocycles. The van der Waals surface area contributed by atoms with E-state index < -0.39 is 23.9 Å². The molecule has 0 aliphatic carbocycles. The minimum absolute atomic E-state index is 0.143. The first-order chi connectivity index (χ1) is 65.8. The number of pyridine rings is 4. The third kappa shape index (κ3) is 17.2. The smallest absolute Gasteiger partial charge is 0.338 e. The van der Waals surface area contributed by atoms with Crippen molar-refractivity contribution < 1.29 is 38.1 Å². The SMILES string of the molecule is CCCCOC(=O)c1cc2nc(c1)-c1c3nc(c(-c4c(C)cc(C)cc4C)c4ccc([nH]4)c(c4nc(c(-c5c(C)cc(C)cc5C)c5ccc1[nH]5)C=C4)-c1cc(C(=O)OCCCC)cc(n1)-c1cc(C(=O)OCCCC)cc(n1)-c1c4nc(c(-c5c(C)cc(C)cc5C)c5ccc([nH]5)c(c5nc(c(-c6c(C)cc(C)cc6C)c6ccc1[nH]6)C=C5)-c1cc(C(=O)OCCCC)cc-2n1)C=C4)C=C3. The predicted molar refractivity (Wildman–Crippen MR) is 548 cm³/mol. The van der Waals surface area contributed by atoms with E-state index in [2.05, 4.69) is 152 Å². The number of nitrogens with zero attached hydrogens (tertiary/aromatic N) is 8. The first-order valence-corrected chi connectivity index (χ1v) is 47.2. The number of fused-ring (bicyclic) bond motifs is 26. The summed E-state index contributed by atoms with van der Waals surface area (Å²) in [5.41, 5.74) is 33.1. The largest absolute Gasteiger partial charge is 0.462 e. The number of rotatable bonds is 20. The maximum atomic E-state index is 15.5. The van der Waals surface area contributed by atoms with E-state index in [9.17, 15) is 0 Å². The second-order valence-corrected chi connectivity index (χ2v) is 36.6. The molecule has 0 spiro atoms. The molecule has 28 bridgehead atoms. The molecule has 680 valence electrons. The van der Waals surface area contributed by atoms with Crippen molar-refractivity contribution in [1.82, 2.24) is 59.8 Å². The zero-order valence-electron chi connectivity index (χ0n) is 79.8. The number of carbonyl (C=O) groups is 4. The van der Waals surface area contributed by atoms with E-state index in [-0.39, 0.29) is 71.5 Å². The monoisotopic (exact) mass is 1800 g/mol. The predicted octanol–water partition coefficient (Wildman–Crippen LogP) is 27.7. The molecule has 10 aromatic heterocycles. The number of hydrogen-bond acceptors (Lipinski definition) is 16. The Hall–Kier alpha value is -15.4. The van der Waals surface area contributed by atoms with Crippen molar-refractivity contribution in [2.75, 3.05) is 26.4 Å². The zero-order chi connectivity index (χ0) is 94.8. The van der Waals surface area contributed by atoms with Gasteiger partial charge in [-0.3, -0.25) is 0 Å². The first kappa shape index (κ1) is 89.8. The molecule has 14 aromatic rings. The number of aromatic amines is 4. The van der Waals surface area contributed by atoms with Gasteiger partial charge in [0.25, 0.3) is 0 Å². The number of esters is 4. The van der Waals surface area contributed by atoms with Crippen molar-refractivity contribution in [3.05, 3.63) is 280 Å². The lowest BCUT2D eigenvalue weighted by molar-refractivity contribution is 0.0490. The minimum Gasteiger partial charge on any atom is -0.462 e. The molecule has 20 heteroatoms. The standard InChI is InChI=1S/C116H108N12O8/c1-17-21-41-133-113(129)73-53-93-94-54-74(114(130)134-42-22-18-2)58-98(126-94)106-79-27-35-89(119-79)111(103-69(13)49-63(7)50-70(103)14)91-39-31-83(123-91)108(84-32-40-92(124-84)112(90-36-28-80(106)120-90)104-71(15)51-64(8)52-72(104)16)100-60-76(116(132)136-44-24-20-4)56-96(128-100)95-55-75(115(131)135-43-23-19-3)59-99(127-95)107-81-29-37-87(121-81)109(101-65(9)45-61(5)46-66(101)10)85-33-25-77(117-85)105(97(57-73)125-93)78-26-34-86(118-78)110(88-38-30-82(107)122-88)102-67(11)47-62(6)48-68(102)12/h25-40,45-60,117,119,122,124H,17-24,41-44H2,1-16H3. The van der Waals surface area contributed by atoms with E-state index in [4.69, 9.17) is 58.8 Å². The number of aryl methyl sites for hydroxylation is 12. The molecule has 0 amide bonds. The third-order valence-electron chi connectivity index (χ3n) is 25.9. The van der Waals surface area contributed by atoms with Gasteiger partial charge in [-0.1, -0.05) is 124 Å². The molecule has 4 aromatic carbocycles. The highest BCUT2D eigenvalue weighted by Gasteiger charge is 2.31. The summed E-state index contributed by atoms with van der Waals surface area (Å²) in [4.78, 5) is 124. The Morgan fingerprint density at radius 3 is 0.551 bits per heavy atom. The number of H-pyrrole nitrogens is 4. The summed E-state index contributed by atoms with van der Waals surface area (Å²) in [6.07, 6.45) is 21.6. The van der Waals surface area contributed by atoms with Crippen LogP contribution in [-0.4, -0.2) is 110 Å². The van der Waals surface area contributed by atoms with Gasteiger partial charge in [0.05, 0.1) is 162 Å². The molecular formula is C116H108N12O8. The van der Waals surface area contributed by atoms with Gasteiger partial charge in [0.1, 0.15) is 0 Å². The van der Waals surface area contributed by atoms with E-state index in [1.807, 2.05) is 125 Å². The topological polar surface area (TPSA) is 271 Å². The van der Waals surface area contributed by atoms with Gasteiger partial charge in [0, 0.05) is 66.6 Å². The number of ether oxygens (including phenoxy) is 4. The van der Waals surface area contributed by atoms with Crippen LogP contribution in [0.4, 0.5) is 0 Å². The van der Waals surface area contributed by atoms with Gasteiger partial charge in [0.15, 0.2) is 0 Å². The Bertz CT molecular complexity index is 6900. The average molecular weight is 1800 g/mol.